The lowest BCUT2D eigenvalue weighted by atomic mass is 9.75. The predicted molar refractivity (Wildman–Crippen MR) is 43.9 cm³/mol. The van der Waals surface area contributed by atoms with E-state index in [-0.39, 0.29) is 11.9 Å². The van der Waals surface area contributed by atoms with Crippen LogP contribution in [0.4, 0.5) is 0 Å². The third-order valence-corrected chi connectivity index (χ3v) is 3.13. The summed E-state index contributed by atoms with van der Waals surface area (Å²) < 4.78 is 4.96. The van der Waals surface area contributed by atoms with E-state index in [4.69, 9.17) is 4.74 Å². The molecule has 2 aliphatic rings. The zero-order valence-electron chi connectivity index (χ0n) is 7.56. The van der Waals surface area contributed by atoms with Gasteiger partial charge in [-0.3, -0.25) is 4.79 Å². The summed E-state index contributed by atoms with van der Waals surface area (Å²) in [4.78, 5) is 11.0. The molecule has 0 radical (unpaired) electrons. The highest BCUT2D eigenvalue weighted by Crippen LogP contribution is 2.39. The lowest BCUT2D eigenvalue weighted by Crippen LogP contribution is -2.52. The number of aliphatic hydroxyl groups is 2. The SMILES string of the molecule is CC1(O)CCC2CC(=O)OC2C1O. The number of ether oxygens (including phenoxy) is 1. The number of rotatable bonds is 0. The molecule has 2 N–H and O–H groups in total. The maximum atomic E-state index is 11.0. The average molecular weight is 186 g/mol. The molecule has 1 saturated heterocycles. The minimum absolute atomic E-state index is 0.0997. The molecule has 4 unspecified atom stereocenters. The van der Waals surface area contributed by atoms with Crippen molar-refractivity contribution < 1.29 is 19.7 Å². The highest BCUT2D eigenvalue weighted by Gasteiger charge is 2.50. The fraction of sp³-hybridized carbons (Fsp3) is 0.889. The van der Waals surface area contributed by atoms with Crippen LogP contribution < -0.4 is 0 Å². The molecule has 2 fully saturated rings. The van der Waals surface area contributed by atoms with Gasteiger partial charge in [-0.15, -0.1) is 0 Å². The smallest absolute Gasteiger partial charge is 0.306 e. The monoisotopic (exact) mass is 186 g/mol. The molecule has 74 valence electrons. The quantitative estimate of drug-likeness (QED) is 0.515. The van der Waals surface area contributed by atoms with E-state index in [0.717, 1.165) is 6.42 Å². The number of carbonyl (C=O) groups is 1. The summed E-state index contributed by atoms with van der Waals surface area (Å²) in [5.41, 5.74) is -1.11. The third-order valence-electron chi connectivity index (χ3n) is 3.13. The van der Waals surface area contributed by atoms with Crippen LogP contribution in [0.3, 0.4) is 0 Å². The zero-order chi connectivity index (χ0) is 9.64. The molecule has 1 saturated carbocycles. The van der Waals surface area contributed by atoms with Gasteiger partial charge in [0.05, 0.1) is 12.0 Å². The maximum absolute atomic E-state index is 11.0. The molecular weight excluding hydrogens is 172 g/mol. The highest BCUT2D eigenvalue weighted by molar-refractivity contribution is 5.72. The number of aliphatic hydroxyl groups excluding tert-OH is 1. The molecule has 2 rings (SSSR count). The van der Waals surface area contributed by atoms with E-state index in [1.165, 1.54) is 0 Å². The van der Waals surface area contributed by atoms with Gasteiger partial charge in [-0.05, 0) is 19.8 Å². The van der Waals surface area contributed by atoms with Crippen LogP contribution >= 0.6 is 0 Å². The van der Waals surface area contributed by atoms with Gasteiger partial charge in [-0.25, -0.2) is 0 Å². The Balaban J connectivity index is 2.17. The van der Waals surface area contributed by atoms with Crippen molar-refractivity contribution >= 4 is 5.97 Å². The van der Waals surface area contributed by atoms with E-state index in [0.29, 0.717) is 12.8 Å². The predicted octanol–water partition coefficient (Wildman–Crippen LogP) is -0.176. The molecule has 4 nitrogen and oxygen atoms in total. The molecule has 0 bridgehead atoms. The summed E-state index contributed by atoms with van der Waals surface area (Å²) in [5.74, 6) is -0.158. The molecule has 1 aliphatic carbocycles. The molecule has 0 spiro atoms. The van der Waals surface area contributed by atoms with Crippen LogP contribution in [0.15, 0.2) is 0 Å². The normalized spacial score (nSPS) is 50.1. The second kappa shape index (κ2) is 2.69. The van der Waals surface area contributed by atoms with Crippen molar-refractivity contribution in [3.05, 3.63) is 0 Å². The number of hydrogen-bond donors (Lipinski definition) is 2. The summed E-state index contributed by atoms with van der Waals surface area (Å²) >= 11 is 0. The standard InChI is InChI=1S/C9H14O4/c1-9(12)3-2-5-4-6(10)13-7(5)8(9)11/h5,7-8,11-12H,2-4H2,1H3. The first-order chi connectivity index (χ1) is 6.00. The van der Waals surface area contributed by atoms with E-state index < -0.39 is 17.8 Å². The van der Waals surface area contributed by atoms with Crippen LogP contribution in [0.5, 0.6) is 0 Å². The molecule has 13 heavy (non-hydrogen) atoms. The van der Waals surface area contributed by atoms with E-state index in [1.807, 2.05) is 0 Å². The van der Waals surface area contributed by atoms with Gasteiger partial charge in [0.1, 0.15) is 12.2 Å². The molecule has 4 atom stereocenters. The van der Waals surface area contributed by atoms with E-state index in [9.17, 15) is 15.0 Å². The topological polar surface area (TPSA) is 66.8 Å². The van der Waals surface area contributed by atoms with E-state index >= 15 is 0 Å². The van der Waals surface area contributed by atoms with Gasteiger partial charge in [0, 0.05) is 5.92 Å². The van der Waals surface area contributed by atoms with Crippen molar-refractivity contribution in [3.8, 4) is 0 Å². The number of fused-ring (bicyclic) bond motifs is 1. The van der Waals surface area contributed by atoms with Crippen molar-refractivity contribution in [1.82, 2.24) is 0 Å². The highest BCUT2D eigenvalue weighted by atomic mass is 16.6. The summed E-state index contributed by atoms with van der Waals surface area (Å²) in [6.07, 6.45) is 0.249. The second-order valence-corrected chi connectivity index (χ2v) is 4.26. The van der Waals surface area contributed by atoms with Crippen LogP contribution in [0, 0.1) is 5.92 Å². The fourth-order valence-electron chi connectivity index (χ4n) is 2.19. The minimum atomic E-state index is -1.11. The van der Waals surface area contributed by atoms with Gasteiger partial charge < -0.3 is 14.9 Å². The van der Waals surface area contributed by atoms with Crippen LogP contribution in [0.2, 0.25) is 0 Å². The van der Waals surface area contributed by atoms with Crippen molar-refractivity contribution in [1.29, 1.82) is 0 Å². The van der Waals surface area contributed by atoms with Gasteiger partial charge >= 0.3 is 5.97 Å². The number of esters is 1. The van der Waals surface area contributed by atoms with Crippen molar-refractivity contribution in [2.45, 2.75) is 44.0 Å². The molecule has 4 heteroatoms. The van der Waals surface area contributed by atoms with Crippen molar-refractivity contribution in [2.75, 3.05) is 0 Å². The van der Waals surface area contributed by atoms with E-state index in [2.05, 4.69) is 0 Å². The Kier molecular flexibility index (Phi) is 1.85. The van der Waals surface area contributed by atoms with Gasteiger partial charge in [0.15, 0.2) is 0 Å². The second-order valence-electron chi connectivity index (χ2n) is 4.26. The largest absolute Gasteiger partial charge is 0.459 e. The Hall–Kier alpha value is -0.610. The first kappa shape index (κ1) is 8.97. The first-order valence-electron chi connectivity index (χ1n) is 4.60. The average Bonchev–Trinajstić information content (AvgIpc) is 2.40. The Bertz CT molecular complexity index is 236. The van der Waals surface area contributed by atoms with Crippen LogP contribution in [-0.2, 0) is 9.53 Å². The fourth-order valence-corrected chi connectivity index (χ4v) is 2.19. The molecule has 0 aromatic heterocycles. The lowest BCUT2D eigenvalue weighted by Gasteiger charge is -2.39. The van der Waals surface area contributed by atoms with Crippen LogP contribution in [-0.4, -0.2) is 34.0 Å². The Morgan fingerprint density at radius 3 is 3.00 bits per heavy atom. The molecule has 0 aromatic rings. The van der Waals surface area contributed by atoms with E-state index in [1.54, 1.807) is 6.92 Å². The number of hydrogen-bond acceptors (Lipinski definition) is 4. The third kappa shape index (κ3) is 1.34. The minimum Gasteiger partial charge on any atom is -0.459 e. The maximum Gasteiger partial charge on any atom is 0.306 e. The van der Waals surface area contributed by atoms with Gasteiger partial charge in [0.25, 0.3) is 0 Å². The summed E-state index contributed by atoms with van der Waals surface area (Å²) in [6.45, 7) is 1.58. The van der Waals surface area contributed by atoms with Crippen LogP contribution in [0.1, 0.15) is 26.2 Å². The van der Waals surface area contributed by atoms with Gasteiger partial charge in [-0.2, -0.15) is 0 Å². The zero-order valence-corrected chi connectivity index (χ0v) is 7.56. The number of carbonyl (C=O) groups excluding carboxylic acids is 1. The lowest BCUT2D eigenvalue weighted by molar-refractivity contribution is -0.168. The molecular formula is C9H14O4. The molecule has 0 aromatic carbocycles. The molecule has 1 heterocycles. The van der Waals surface area contributed by atoms with Gasteiger partial charge in [0.2, 0.25) is 0 Å². The Morgan fingerprint density at radius 2 is 2.31 bits per heavy atom. The molecule has 0 amide bonds. The van der Waals surface area contributed by atoms with Crippen molar-refractivity contribution in [3.63, 3.8) is 0 Å². The summed E-state index contributed by atoms with van der Waals surface area (Å²) in [5, 5.41) is 19.4. The Morgan fingerprint density at radius 1 is 1.62 bits per heavy atom. The summed E-state index contributed by atoms with van der Waals surface area (Å²) in [6, 6.07) is 0. The molecule has 1 aliphatic heterocycles. The first-order valence-corrected chi connectivity index (χ1v) is 4.60. The van der Waals surface area contributed by atoms with Gasteiger partial charge in [-0.1, -0.05) is 0 Å². The van der Waals surface area contributed by atoms with Crippen molar-refractivity contribution in [2.24, 2.45) is 5.92 Å². The summed E-state index contributed by atoms with van der Waals surface area (Å²) in [7, 11) is 0. The van der Waals surface area contributed by atoms with Crippen LogP contribution in [0.25, 0.3) is 0 Å². The Labute approximate surface area is 76.5 Å².